The molecule has 1 atom stereocenters. The Hall–Kier alpha value is -0.820. The Balaban J connectivity index is 2.60. The molecule has 0 fully saturated rings. The van der Waals surface area contributed by atoms with E-state index in [2.05, 4.69) is 65.8 Å². The van der Waals surface area contributed by atoms with Crippen molar-refractivity contribution in [2.45, 2.75) is 65.9 Å². The van der Waals surface area contributed by atoms with Gasteiger partial charge in [0.2, 0.25) is 0 Å². The normalized spacial score (nSPS) is 14.6. The molecule has 0 aliphatic rings. The quantitative estimate of drug-likeness (QED) is 0.844. The predicted octanol–water partition coefficient (Wildman–Crippen LogP) is 4.32. The van der Waals surface area contributed by atoms with Crippen LogP contribution in [0.5, 0.6) is 0 Å². The molecule has 0 saturated heterocycles. The fourth-order valence-corrected chi connectivity index (χ4v) is 1.91. The van der Waals surface area contributed by atoms with Gasteiger partial charge in [0.15, 0.2) is 0 Å². The molecule has 1 rings (SSSR count). The molecule has 102 valence electrons. The van der Waals surface area contributed by atoms with Crippen LogP contribution in [0.4, 0.5) is 0 Å². The van der Waals surface area contributed by atoms with Crippen molar-refractivity contribution < 1.29 is 5.11 Å². The number of aliphatic hydroxyl groups excluding tert-OH is 1. The molecule has 0 heterocycles. The zero-order valence-electron chi connectivity index (χ0n) is 12.7. The lowest BCUT2D eigenvalue weighted by molar-refractivity contribution is 0.0560. The highest BCUT2D eigenvalue weighted by Crippen LogP contribution is 2.25. The average molecular weight is 248 g/mol. The second-order valence-corrected chi connectivity index (χ2v) is 7.37. The highest BCUT2D eigenvalue weighted by atomic mass is 16.3. The largest absolute Gasteiger partial charge is 0.393 e. The first-order valence-corrected chi connectivity index (χ1v) is 6.88. The molecule has 0 saturated carbocycles. The van der Waals surface area contributed by atoms with Gasteiger partial charge in [-0.3, -0.25) is 0 Å². The van der Waals surface area contributed by atoms with E-state index < -0.39 is 0 Å². The molecular weight excluding hydrogens is 220 g/mol. The maximum atomic E-state index is 10.0. The fourth-order valence-electron chi connectivity index (χ4n) is 1.91. The lowest BCUT2D eigenvalue weighted by Crippen LogP contribution is -2.26. The molecule has 1 N–H and O–H groups in total. The molecule has 1 nitrogen and oxygen atoms in total. The topological polar surface area (TPSA) is 20.2 Å². The van der Waals surface area contributed by atoms with Gasteiger partial charge in [0.25, 0.3) is 0 Å². The number of hydrogen-bond acceptors (Lipinski definition) is 1. The molecule has 0 amide bonds. The van der Waals surface area contributed by atoms with Gasteiger partial charge in [-0.15, -0.1) is 0 Å². The van der Waals surface area contributed by atoms with E-state index in [1.54, 1.807) is 0 Å². The summed E-state index contributed by atoms with van der Waals surface area (Å²) in [6, 6.07) is 8.80. The SMILES string of the molecule is CC(C)(C)c1ccc(CCC(O)C(C)(C)C)cc1. The zero-order valence-corrected chi connectivity index (χ0v) is 12.7. The van der Waals surface area contributed by atoms with E-state index in [1.165, 1.54) is 11.1 Å². The molecule has 0 aliphatic heterocycles. The fraction of sp³-hybridized carbons (Fsp3) is 0.647. The number of benzene rings is 1. The van der Waals surface area contributed by atoms with Crippen molar-refractivity contribution >= 4 is 0 Å². The summed E-state index contributed by atoms with van der Waals surface area (Å²) in [5.41, 5.74) is 2.86. The second-order valence-electron chi connectivity index (χ2n) is 7.37. The molecule has 0 aromatic heterocycles. The van der Waals surface area contributed by atoms with Crippen molar-refractivity contribution in [1.29, 1.82) is 0 Å². The summed E-state index contributed by atoms with van der Waals surface area (Å²) in [6.07, 6.45) is 1.54. The van der Waals surface area contributed by atoms with Gasteiger partial charge >= 0.3 is 0 Å². The number of hydrogen-bond donors (Lipinski definition) is 1. The molecule has 0 spiro atoms. The van der Waals surface area contributed by atoms with Crippen LogP contribution in [0.25, 0.3) is 0 Å². The summed E-state index contributed by atoms with van der Waals surface area (Å²) >= 11 is 0. The van der Waals surface area contributed by atoms with E-state index in [0.29, 0.717) is 0 Å². The van der Waals surface area contributed by atoms with Crippen molar-refractivity contribution in [2.75, 3.05) is 0 Å². The van der Waals surface area contributed by atoms with Crippen LogP contribution >= 0.6 is 0 Å². The first-order valence-electron chi connectivity index (χ1n) is 6.88. The average Bonchev–Trinajstić information content (AvgIpc) is 2.24. The summed E-state index contributed by atoms with van der Waals surface area (Å²) in [5, 5.41) is 10.0. The van der Waals surface area contributed by atoms with Crippen LogP contribution in [-0.4, -0.2) is 11.2 Å². The van der Waals surface area contributed by atoms with Gasteiger partial charge in [-0.25, -0.2) is 0 Å². The van der Waals surface area contributed by atoms with Gasteiger partial charge in [0.05, 0.1) is 6.10 Å². The summed E-state index contributed by atoms with van der Waals surface area (Å²) in [7, 11) is 0. The van der Waals surface area contributed by atoms with Gasteiger partial charge in [0.1, 0.15) is 0 Å². The summed E-state index contributed by atoms with van der Waals surface area (Å²) in [6.45, 7) is 12.9. The smallest absolute Gasteiger partial charge is 0.0591 e. The molecule has 0 bridgehead atoms. The molecule has 1 aromatic rings. The molecule has 1 aromatic carbocycles. The molecule has 18 heavy (non-hydrogen) atoms. The minimum absolute atomic E-state index is 0.0225. The van der Waals surface area contributed by atoms with Crippen LogP contribution < -0.4 is 0 Å². The highest BCUT2D eigenvalue weighted by molar-refractivity contribution is 5.27. The number of aliphatic hydroxyl groups is 1. The monoisotopic (exact) mass is 248 g/mol. The van der Waals surface area contributed by atoms with Gasteiger partial charge in [-0.05, 0) is 34.8 Å². The molecular formula is C17H28O. The van der Waals surface area contributed by atoms with Crippen LogP contribution in [0.3, 0.4) is 0 Å². The first kappa shape index (κ1) is 15.2. The summed E-state index contributed by atoms with van der Waals surface area (Å²) < 4.78 is 0. The van der Waals surface area contributed by atoms with Crippen LogP contribution in [-0.2, 0) is 11.8 Å². The lowest BCUT2D eigenvalue weighted by atomic mass is 9.84. The van der Waals surface area contributed by atoms with Crippen molar-refractivity contribution in [3.05, 3.63) is 35.4 Å². The van der Waals surface area contributed by atoms with Gasteiger partial charge < -0.3 is 5.11 Å². The van der Waals surface area contributed by atoms with Crippen LogP contribution in [0, 0.1) is 5.41 Å². The van der Waals surface area contributed by atoms with Crippen LogP contribution in [0.1, 0.15) is 59.1 Å². The summed E-state index contributed by atoms with van der Waals surface area (Å²) in [5.74, 6) is 0. The highest BCUT2D eigenvalue weighted by Gasteiger charge is 2.21. The Morgan fingerprint density at radius 2 is 1.44 bits per heavy atom. The third kappa shape index (κ3) is 4.45. The Morgan fingerprint density at radius 1 is 0.944 bits per heavy atom. The Bertz CT molecular complexity index is 362. The molecule has 0 radical (unpaired) electrons. The minimum atomic E-state index is -0.236. The third-order valence-electron chi connectivity index (χ3n) is 3.53. The van der Waals surface area contributed by atoms with Crippen LogP contribution in [0.15, 0.2) is 24.3 Å². The van der Waals surface area contributed by atoms with E-state index in [-0.39, 0.29) is 16.9 Å². The van der Waals surface area contributed by atoms with Crippen molar-refractivity contribution in [3.63, 3.8) is 0 Å². The third-order valence-corrected chi connectivity index (χ3v) is 3.53. The van der Waals surface area contributed by atoms with Gasteiger partial charge in [-0.1, -0.05) is 65.8 Å². The molecule has 0 aliphatic carbocycles. The van der Waals surface area contributed by atoms with Gasteiger partial charge in [0, 0.05) is 0 Å². The predicted molar refractivity (Wildman–Crippen MR) is 78.9 cm³/mol. The van der Waals surface area contributed by atoms with E-state index in [4.69, 9.17) is 0 Å². The van der Waals surface area contributed by atoms with E-state index in [9.17, 15) is 5.11 Å². The van der Waals surface area contributed by atoms with Crippen molar-refractivity contribution in [2.24, 2.45) is 5.41 Å². The number of rotatable bonds is 3. The van der Waals surface area contributed by atoms with E-state index in [0.717, 1.165) is 12.8 Å². The second kappa shape index (κ2) is 5.44. The first-order chi connectivity index (χ1) is 8.10. The van der Waals surface area contributed by atoms with Crippen LogP contribution in [0.2, 0.25) is 0 Å². The Kier molecular flexibility index (Phi) is 4.61. The van der Waals surface area contributed by atoms with Crippen molar-refractivity contribution in [1.82, 2.24) is 0 Å². The molecule has 1 heteroatoms. The zero-order chi connectivity index (χ0) is 14.0. The number of aryl methyl sites for hydroxylation is 1. The minimum Gasteiger partial charge on any atom is -0.393 e. The van der Waals surface area contributed by atoms with E-state index >= 15 is 0 Å². The summed E-state index contributed by atoms with van der Waals surface area (Å²) in [4.78, 5) is 0. The van der Waals surface area contributed by atoms with E-state index in [1.807, 2.05) is 0 Å². The maximum absolute atomic E-state index is 10.0. The van der Waals surface area contributed by atoms with Gasteiger partial charge in [-0.2, -0.15) is 0 Å². The Labute approximate surface area is 112 Å². The Morgan fingerprint density at radius 3 is 1.83 bits per heavy atom. The lowest BCUT2D eigenvalue weighted by Gasteiger charge is -2.26. The molecule has 1 unspecified atom stereocenters. The maximum Gasteiger partial charge on any atom is 0.0591 e. The van der Waals surface area contributed by atoms with Crippen molar-refractivity contribution in [3.8, 4) is 0 Å². The standard InChI is InChI=1S/C17H28O/c1-16(2,3)14-10-7-13(8-11-14)9-12-15(18)17(4,5)6/h7-8,10-11,15,18H,9,12H2,1-6H3.